The Balaban J connectivity index is 1.36. The van der Waals surface area contributed by atoms with E-state index >= 15 is 0 Å². The molecule has 0 aromatic heterocycles. The van der Waals surface area contributed by atoms with Crippen LogP contribution in [0.15, 0.2) is 30.3 Å². The first-order chi connectivity index (χ1) is 11.2. The zero-order valence-corrected chi connectivity index (χ0v) is 14.9. The maximum Gasteiger partial charge on any atom is 0.0110 e. The van der Waals surface area contributed by atoms with Crippen molar-refractivity contribution in [1.29, 1.82) is 0 Å². The molecule has 2 aliphatic rings. The number of hydrogen-bond donors (Lipinski definition) is 1. The molecular formula is C20H33N3. The Morgan fingerprint density at radius 2 is 1.78 bits per heavy atom. The second kappa shape index (κ2) is 7.78. The number of piperazine rings is 1. The minimum absolute atomic E-state index is 0.580. The number of aryl methyl sites for hydroxylation is 1. The van der Waals surface area contributed by atoms with E-state index in [2.05, 4.69) is 59.4 Å². The number of rotatable bonds is 8. The van der Waals surface area contributed by atoms with Crippen LogP contribution in [-0.2, 0) is 6.42 Å². The Bertz CT molecular complexity index is 461. The van der Waals surface area contributed by atoms with Crippen LogP contribution < -0.4 is 5.32 Å². The zero-order valence-electron chi connectivity index (χ0n) is 14.9. The summed E-state index contributed by atoms with van der Waals surface area (Å²) in [5, 5.41) is 3.82. The summed E-state index contributed by atoms with van der Waals surface area (Å²) in [4.78, 5) is 5.13. The van der Waals surface area contributed by atoms with Crippen LogP contribution in [0.2, 0.25) is 0 Å². The summed E-state index contributed by atoms with van der Waals surface area (Å²) in [6.07, 6.45) is 5.24. The van der Waals surface area contributed by atoms with Gasteiger partial charge in [-0.25, -0.2) is 0 Å². The lowest BCUT2D eigenvalue weighted by atomic mass is 10.0. The van der Waals surface area contributed by atoms with Gasteiger partial charge in [0, 0.05) is 45.3 Å². The predicted molar refractivity (Wildman–Crippen MR) is 97.8 cm³/mol. The summed E-state index contributed by atoms with van der Waals surface area (Å²) in [5.41, 5.74) is 2.04. The highest BCUT2D eigenvalue weighted by Gasteiger charge is 2.43. The highest BCUT2D eigenvalue weighted by Crippen LogP contribution is 2.45. The van der Waals surface area contributed by atoms with Crippen LogP contribution in [0, 0.1) is 5.41 Å². The Morgan fingerprint density at radius 3 is 2.43 bits per heavy atom. The van der Waals surface area contributed by atoms with Crippen molar-refractivity contribution in [2.75, 3.05) is 46.3 Å². The number of nitrogens with one attached hydrogen (secondary N) is 1. The Kier molecular flexibility index (Phi) is 5.73. The van der Waals surface area contributed by atoms with Crippen molar-refractivity contribution in [2.24, 2.45) is 5.41 Å². The predicted octanol–water partition coefficient (Wildman–Crippen LogP) is 2.62. The minimum Gasteiger partial charge on any atom is -0.314 e. The van der Waals surface area contributed by atoms with Gasteiger partial charge in [0.15, 0.2) is 0 Å². The monoisotopic (exact) mass is 315 g/mol. The van der Waals surface area contributed by atoms with E-state index in [4.69, 9.17) is 0 Å². The molecule has 1 aromatic rings. The molecular weight excluding hydrogens is 282 g/mol. The van der Waals surface area contributed by atoms with Gasteiger partial charge in [-0.1, -0.05) is 30.3 Å². The second-order valence-corrected chi connectivity index (χ2v) is 7.89. The maximum absolute atomic E-state index is 3.82. The molecule has 1 unspecified atom stereocenters. The van der Waals surface area contributed by atoms with E-state index in [-0.39, 0.29) is 0 Å². The number of likely N-dealkylation sites (N-methyl/N-ethyl adjacent to an activating group) is 1. The number of benzene rings is 1. The van der Waals surface area contributed by atoms with Gasteiger partial charge in [0.2, 0.25) is 0 Å². The first-order valence-electron chi connectivity index (χ1n) is 9.33. The van der Waals surface area contributed by atoms with Crippen LogP contribution in [0.1, 0.15) is 31.7 Å². The maximum atomic E-state index is 3.82. The van der Waals surface area contributed by atoms with Gasteiger partial charge in [-0.15, -0.1) is 0 Å². The van der Waals surface area contributed by atoms with Gasteiger partial charge < -0.3 is 15.1 Å². The third kappa shape index (κ3) is 5.30. The van der Waals surface area contributed by atoms with E-state index in [9.17, 15) is 0 Å². The molecule has 2 fully saturated rings. The fourth-order valence-electron chi connectivity index (χ4n) is 3.57. The molecule has 1 aliphatic heterocycles. The molecule has 1 N–H and O–H groups in total. The van der Waals surface area contributed by atoms with Crippen molar-refractivity contribution in [3.05, 3.63) is 35.9 Å². The van der Waals surface area contributed by atoms with Crippen LogP contribution in [0.5, 0.6) is 0 Å². The van der Waals surface area contributed by atoms with Crippen molar-refractivity contribution in [1.82, 2.24) is 15.1 Å². The highest BCUT2D eigenvalue weighted by molar-refractivity contribution is 5.14. The fraction of sp³-hybridized carbons (Fsp3) is 0.700. The molecule has 23 heavy (non-hydrogen) atoms. The Hall–Kier alpha value is -0.900. The summed E-state index contributed by atoms with van der Waals surface area (Å²) in [6, 6.07) is 11.5. The van der Waals surface area contributed by atoms with Crippen LogP contribution in [0.3, 0.4) is 0 Å². The number of nitrogens with zero attached hydrogens (tertiary/aromatic N) is 2. The third-order valence-electron chi connectivity index (χ3n) is 5.65. The normalized spacial score (nSPS) is 22.9. The van der Waals surface area contributed by atoms with Crippen LogP contribution in [0.4, 0.5) is 0 Å². The molecule has 1 aromatic carbocycles. The van der Waals surface area contributed by atoms with E-state index in [1.807, 2.05) is 0 Å². The van der Waals surface area contributed by atoms with E-state index in [1.165, 1.54) is 70.5 Å². The largest absolute Gasteiger partial charge is 0.314 e. The zero-order chi connectivity index (χ0) is 16.1. The summed E-state index contributed by atoms with van der Waals surface area (Å²) in [7, 11) is 2.24. The van der Waals surface area contributed by atoms with Crippen molar-refractivity contribution in [2.45, 2.75) is 38.6 Å². The van der Waals surface area contributed by atoms with Crippen LogP contribution in [0.25, 0.3) is 0 Å². The first kappa shape index (κ1) is 16.9. The standard InChI is InChI=1S/C20H33N3/c1-18(8-9-19-6-4-3-5-7-19)21-16-20(10-11-20)17-23-14-12-22(2)13-15-23/h3-7,18,21H,8-17H2,1-2H3. The van der Waals surface area contributed by atoms with Crippen molar-refractivity contribution < 1.29 is 0 Å². The van der Waals surface area contributed by atoms with Gasteiger partial charge in [0.05, 0.1) is 0 Å². The molecule has 1 saturated carbocycles. The quantitative estimate of drug-likeness (QED) is 0.795. The molecule has 128 valence electrons. The summed E-state index contributed by atoms with van der Waals surface area (Å²) < 4.78 is 0. The van der Waals surface area contributed by atoms with Gasteiger partial charge >= 0.3 is 0 Å². The fourth-order valence-corrected chi connectivity index (χ4v) is 3.57. The Labute approximate surface area is 142 Å². The van der Waals surface area contributed by atoms with Crippen LogP contribution >= 0.6 is 0 Å². The molecule has 3 heteroatoms. The van der Waals surface area contributed by atoms with E-state index in [0.29, 0.717) is 11.5 Å². The van der Waals surface area contributed by atoms with E-state index in [1.54, 1.807) is 0 Å². The van der Waals surface area contributed by atoms with Crippen molar-refractivity contribution in [3.8, 4) is 0 Å². The van der Waals surface area contributed by atoms with Crippen molar-refractivity contribution >= 4 is 0 Å². The SMILES string of the molecule is CC(CCc1ccccc1)NCC1(CN2CCN(C)CC2)CC1. The molecule has 3 rings (SSSR count). The van der Waals surface area contributed by atoms with Gasteiger partial charge in [0.1, 0.15) is 0 Å². The molecule has 0 radical (unpaired) electrons. The molecule has 1 heterocycles. The molecule has 1 saturated heterocycles. The average Bonchev–Trinajstić information content (AvgIpc) is 3.34. The first-order valence-corrected chi connectivity index (χ1v) is 9.33. The smallest absolute Gasteiger partial charge is 0.0110 e. The lowest BCUT2D eigenvalue weighted by Gasteiger charge is -2.35. The highest BCUT2D eigenvalue weighted by atomic mass is 15.3. The molecule has 0 amide bonds. The average molecular weight is 316 g/mol. The molecule has 1 aliphatic carbocycles. The summed E-state index contributed by atoms with van der Waals surface area (Å²) in [5.74, 6) is 0. The lowest BCUT2D eigenvalue weighted by Crippen LogP contribution is -2.48. The third-order valence-corrected chi connectivity index (χ3v) is 5.65. The second-order valence-electron chi connectivity index (χ2n) is 7.89. The summed E-state index contributed by atoms with van der Waals surface area (Å²) in [6.45, 7) is 9.82. The van der Waals surface area contributed by atoms with Gasteiger partial charge in [-0.05, 0) is 50.6 Å². The summed E-state index contributed by atoms with van der Waals surface area (Å²) >= 11 is 0. The van der Waals surface area contributed by atoms with Crippen molar-refractivity contribution in [3.63, 3.8) is 0 Å². The molecule has 3 nitrogen and oxygen atoms in total. The minimum atomic E-state index is 0.580. The molecule has 1 atom stereocenters. The van der Waals surface area contributed by atoms with Gasteiger partial charge in [-0.3, -0.25) is 0 Å². The topological polar surface area (TPSA) is 18.5 Å². The molecule has 0 spiro atoms. The van der Waals surface area contributed by atoms with E-state index in [0.717, 1.165) is 0 Å². The van der Waals surface area contributed by atoms with Crippen LogP contribution in [-0.4, -0.2) is 62.2 Å². The number of hydrogen-bond acceptors (Lipinski definition) is 3. The van der Waals surface area contributed by atoms with Gasteiger partial charge in [0.25, 0.3) is 0 Å². The lowest BCUT2D eigenvalue weighted by molar-refractivity contribution is 0.129. The van der Waals surface area contributed by atoms with E-state index < -0.39 is 0 Å². The van der Waals surface area contributed by atoms with Gasteiger partial charge in [-0.2, -0.15) is 0 Å². The Morgan fingerprint density at radius 1 is 1.09 bits per heavy atom. The molecule has 0 bridgehead atoms.